The highest BCUT2D eigenvalue weighted by atomic mass is 16.5. The lowest BCUT2D eigenvalue weighted by molar-refractivity contribution is -0.150. The molecule has 0 radical (unpaired) electrons. The van der Waals surface area contributed by atoms with Gasteiger partial charge in [0.1, 0.15) is 0 Å². The van der Waals surface area contributed by atoms with Crippen LogP contribution >= 0.6 is 0 Å². The van der Waals surface area contributed by atoms with Crippen molar-refractivity contribution in [3.8, 4) is 0 Å². The Morgan fingerprint density at radius 2 is 2.00 bits per heavy atom. The monoisotopic (exact) mass is 227 g/mol. The first-order valence-corrected chi connectivity index (χ1v) is 6.29. The van der Waals surface area contributed by atoms with Crippen molar-refractivity contribution in [3.63, 3.8) is 0 Å². The van der Waals surface area contributed by atoms with Gasteiger partial charge in [0.25, 0.3) is 0 Å². The molecule has 1 rings (SSSR count). The number of ether oxygens (including phenoxy) is 1. The summed E-state index contributed by atoms with van der Waals surface area (Å²) in [7, 11) is 1.45. The zero-order valence-electron chi connectivity index (χ0n) is 11.0. The van der Waals surface area contributed by atoms with Crippen LogP contribution in [0.15, 0.2) is 0 Å². The molecule has 0 aromatic heterocycles. The summed E-state index contributed by atoms with van der Waals surface area (Å²) < 4.78 is 4.79. The van der Waals surface area contributed by atoms with Gasteiger partial charge >= 0.3 is 5.97 Å². The Labute approximate surface area is 98.9 Å². The van der Waals surface area contributed by atoms with Crippen molar-refractivity contribution in [1.29, 1.82) is 0 Å². The van der Waals surface area contributed by atoms with Crippen molar-refractivity contribution >= 4 is 5.97 Å². The first-order chi connectivity index (χ1) is 7.47. The van der Waals surface area contributed by atoms with Crippen LogP contribution in [0.25, 0.3) is 0 Å². The Morgan fingerprint density at radius 3 is 2.50 bits per heavy atom. The number of carbonyl (C=O) groups excluding carboxylic acids is 1. The zero-order valence-corrected chi connectivity index (χ0v) is 11.0. The van der Waals surface area contributed by atoms with Gasteiger partial charge < -0.3 is 10.1 Å². The number of rotatable bonds is 5. The predicted molar refractivity (Wildman–Crippen MR) is 65.2 cm³/mol. The minimum atomic E-state index is -0.429. The molecule has 0 spiro atoms. The van der Waals surface area contributed by atoms with E-state index < -0.39 is 5.41 Å². The number of hydrogen-bond acceptors (Lipinski definition) is 3. The van der Waals surface area contributed by atoms with Crippen LogP contribution in [0.3, 0.4) is 0 Å². The van der Waals surface area contributed by atoms with Crippen LogP contribution in [0, 0.1) is 11.3 Å². The van der Waals surface area contributed by atoms with E-state index in [0.29, 0.717) is 12.6 Å². The number of hydrogen-bond donors (Lipinski definition) is 1. The summed E-state index contributed by atoms with van der Waals surface area (Å²) in [5.41, 5.74) is -0.429. The summed E-state index contributed by atoms with van der Waals surface area (Å²) in [6.07, 6.45) is 5.37. The third-order valence-corrected chi connectivity index (χ3v) is 3.71. The Morgan fingerprint density at radius 1 is 1.44 bits per heavy atom. The van der Waals surface area contributed by atoms with Crippen LogP contribution in [0.4, 0.5) is 0 Å². The van der Waals surface area contributed by atoms with Gasteiger partial charge in [-0.1, -0.05) is 12.8 Å². The van der Waals surface area contributed by atoms with Crippen molar-refractivity contribution in [1.82, 2.24) is 5.32 Å². The minimum absolute atomic E-state index is 0.140. The molecule has 1 aliphatic rings. The van der Waals surface area contributed by atoms with Crippen molar-refractivity contribution in [3.05, 3.63) is 0 Å². The van der Waals surface area contributed by atoms with Gasteiger partial charge in [0.2, 0.25) is 0 Å². The van der Waals surface area contributed by atoms with Crippen LogP contribution in [-0.2, 0) is 9.53 Å². The van der Waals surface area contributed by atoms with Gasteiger partial charge in [0, 0.05) is 12.6 Å². The van der Waals surface area contributed by atoms with Crippen LogP contribution in [0.5, 0.6) is 0 Å². The van der Waals surface area contributed by atoms with E-state index in [1.807, 2.05) is 13.8 Å². The van der Waals surface area contributed by atoms with E-state index in [1.165, 1.54) is 32.8 Å². The smallest absolute Gasteiger partial charge is 0.312 e. The van der Waals surface area contributed by atoms with Crippen LogP contribution in [0.2, 0.25) is 0 Å². The van der Waals surface area contributed by atoms with E-state index in [0.717, 1.165) is 5.92 Å². The third kappa shape index (κ3) is 3.48. The summed E-state index contributed by atoms with van der Waals surface area (Å²) in [4.78, 5) is 11.5. The molecule has 94 valence electrons. The fourth-order valence-electron chi connectivity index (χ4n) is 2.39. The molecule has 0 aromatic rings. The molecule has 0 aliphatic heterocycles. The number of carbonyl (C=O) groups is 1. The summed E-state index contributed by atoms with van der Waals surface area (Å²) >= 11 is 0. The Hall–Kier alpha value is -0.570. The predicted octanol–water partition coefficient (Wildman–Crippen LogP) is 2.35. The fourth-order valence-corrected chi connectivity index (χ4v) is 2.39. The maximum absolute atomic E-state index is 11.5. The molecule has 3 heteroatoms. The van der Waals surface area contributed by atoms with Gasteiger partial charge in [-0.25, -0.2) is 0 Å². The van der Waals surface area contributed by atoms with Crippen molar-refractivity contribution < 1.29 is 9.53 Å². The third-order valence-electron chi connectivity index (χ3n) is 3.71. The molecule has 1 aliphatic carbocycles. The lowest BCUT2D eigenvalue weighted by Crippen LogP contribution is -2.42. The van der Waals surface area contributed by atoms with E-state index >= 15 is 0 Å². The van der Waals surface area contributed by atoms with E-state index in [2.05, 4.69) is 12.2 Å². The van der Waals surface area contributed by atoms with Crippen molar-refractivity contribution in [2.75, 3.05) is 13.7 Å². The average molecular weight is 227 g/mol. The van der Waals surface area contributed by atoms with Crippen LogP contribution < -0.4 is 5.32 Å². The van der Waals surface area contributed by atoms with Gasteiger partial charge in [0.05, 0.1) is 12.5 Å². The molecule has 0 amide bonds. The quantitative estimate of drug-likeness (QED) is 0.733. The van der Waals surface area contributed by atoms with Crippen LogP contribution in [0.1, 0.15) is 46.5 Å². The van der Waals surface area contributed by atoms with Crippen molar-refractivity contribution in [2.45, 2.75) is 52.5 Å². The second-order valence-electron chi connectivity index (χ2n) is 5.59. The van der Waals surface area contributed by atoms with Gasteiger partial charge in [-0.15, -0.1) is 0 Å². The lowest BCUT2D eigenvalue weighted by Gasteiger charge is -2.27. The topological polar surface area (TPSA) is 38.3 Å². The lowest BCUT2D eigenvalue weighted by atomic mass is 9.92. The van der Waals surface area contributed by atoms with Gasteiger partial charge in [-0.05, 0) is 39.5 Å². The molecule has 16 heavy (non-hydrogen) atoms. The summed E-state index contributed by atoms with van der Waals surface area (Å²) in [6.45, 7) is 6.76. The molecule has 0 unspecified atom stereocenters. The number of methoxy groups -OCH3 is 1. The van der Waals surface area contributed by atoms with Gasteiger partial charge in [0.15, 0.2) is 0 Å². The fraction of sp³-hybridized carbons (Fsp3) is 0.923. The summed E-state index contributed by atoms with van der Waals surface area (Å²) in [5, 5.41) is 3.48. The molecule has 1 N–H and O–H groups in total. The van der Waals surface area contributed by atoms with Crippen LogP contribution in [-0.4, -0.2) is 25.7 Å². The molecule has 0 aromatic carbocycles. The van der Waals surface area contributed by atoms with Crippen molar-refractivity contribution in [2.24, 2.45) is 11.3 Å². The first-order valence-electron chi connectivity index (χ1n) is 6.29. The molecule has 0 saturated heterocycles. The highest BCUT2D eigenvalue weighted by Crippen LogP contribution is 2.28. The second kappa shape index (κ2) is 5.67. The van der Waals surface area contributed by atoms with E-state index in [1.54, 1.807) is 0 Å². The SMILES string of the molecule is COC(=O)C(C)(C)CN[C@H](C)C1CCCC1. The Balaban J connectivity index is 2.35. The maximum atomic E-state index is 11.5. The number of nitrogens with one attached hydrogen (secondary N) is 1. The van der Waals surface area contributed by atoms with E-state index in [-0.39, 0.29) is 5.97 Å². The molecule has 0 bridgehead atoms. The largest absolute Gasteiger partial charge is 0.469 e. The summed E-state index contributed by atoms with van der Waals surface area (Å²) in [5.74, 6) is 0.645. The highest BCUT2D eigenvalue weighted by Gasteiger charge is 2.30. The minimum Gasteiger partial charge on any atom is -0.469 e. The summed E-state index contributed by atoms with van der Waals surface area (Å²) in [6, 6.07) is 0.506. The highest BCUT2D eigenvalue weighted by molar-refractivity contribution is 5.76. The molecule has 3 nitrogen and oxygen atoms in total. The molecule has 1 atom stereocenters. The van der Waals surface area contributed by atoms with E-state index in [9.17, 15) is 4.79 Å². The first kappa shape index (κ1) is 13.5. The van der Waals surface area contributed by atoms with E-state index in [4.69, 9.17) is 4.74 Å². The normalized spacial score (nSPS) is 19.8. The second-order valence-corrected chi connectivity index (χ2v) is 5.59. The Bertz CT molecular complexity index is 232. The Kier molecular flexibility index (Phi) is 4.78. The molecule has 0 heterocycles. The standard InChI is InChI=1S/C13H25NO2/c1-10(11-7-5-6-8-11)14-9-13(2,3)12(15)16-4/h10-11,14H,5-9H2,1-4H3/t10-/m1/s1. The molecular formula is C13H25NO2. The maximum Gasteiger partial charge on any atom is 0.312 e. The zero-order chi connectivity index (χ0) is 12.2. The van der Waals surface area contributed by atoms with Gasteiger partial charge in [-0.3, -0.25) is 4.79 Å². The number of esters is 1. The molecule has 1 fully saturated rings. The van der Waals surface area contributed by atoms with Gasteiger partial charge in [-0.2, -0.15) is 0 Å². The molecule has 1 saturated carbocycles. The molecular weight excluding hydrogens is 202 g/mol. The average Bonchev–Trinajstić information content (AvgIpc) is 2.78.